The highest BCUT2D eigenvalue weighted by Crippen LogP contribution is 2.32. The number of allylic oxidation sites excluding steroid dienone is 1. The summed E-state index contributed by atoms with van der Waals surface area (Å²) in [4.78, 5) is 20.6. The quantitative estimate of drug-likeness (QED) is 0.443. The molecule has 0 aromatic carbocycles. The van der Waals surface area contributed by atoms with E-state index in [1.807, 2.05) is 0 Å². The Kier molecular flexibility index (Phi) is 6.83. The van der Waals surface area contributed by atoms with Crippen LogP contribution in [0.15, 0.2) is 46.0 Å². The Hall–Kier alpha value is -3.08. The van der Waals surface area contributed by atoms with Gasteiger partial charge in [-0.1, -0.05) is 19.3 Å². The first-order valence-electron chi connectivity index (χ1n) is 11.6. The number of guanidine groups is 1. The zero-order chi connectivity index (χ0) is 24.3. The standard InChI is InChI=1S/C23H30F3N7O/c24-23(25,26)16-9-8-15(12-29-16)31-20-17(19(27)34)18(14-6-2-3-7-14)32-21(33-20)30-13-22(28)10-4-1-5-11-22/h8-9,12,31H,1-7,10-11,13,28H2,(H2,27,34)(H2,30,32,33). The van der Waals surface area contributed by atoms with E-state index in [2.05, 4.69) is 25.9 Å². The Morgan fingerprint density at radius 3 is 2.41 bits per heavy atom. The van der Waals surface area contributed by atoms with Crippen molar-refractivity contribution in [2.24, 2.45) is 16.5 Å². The van der Waals surface area contributed by atoms with Gasteiger partial charge in [-0.2, -0.15) is 13.2 Å². The van der Waals surface area contributed by atoms with Gasteiger partial charge in [0, 0.05) is 5.54 Å². The SMILES string of the molecule is NC(=O)C1=C(Nc2ccc(C(F)(F)F)nc2)NC(=NCC2(N)CCCCC2)NC1=C1CCCC1. The molecule has 0 saturated heterocycles. The number of carbonyl (C=O) groups is 1. The van der Waals surface area contributed by atoms with Crippen LogP contribution < -0.4 is 27.4 Å². The van der Waals surface area contributed by atoms with E-state index < -0.39 is 17.8 Å². The first-order chi connectivity index (χ1) is 16.1. The van der Waals surface area contributed by atoms with E-state index in [0.717, 1.165) is 69.2 Å². The summed E-state index contributed by atoms with van der Waals surface area (Å²) in [6.07, 6.45) is 5.26. The molecule has 8 nitrogen and oxygen atoms in total. The van der Waals surface area contributed by atoms with E-state index in [1.54, 1.807) is 0 Å². The number of aromatic nitrogens is 1. The first kappa shape index (κ1) is 24.1. The third-order valence-corrected chi connectivity index (χ3v) is 6.52. The van der Waals surface area contributed by atoms with Gasteiger partial charge in [-0.15, -0.1) is 0 Å². The normalized spacial score (nSPS) is 21.9. The van der Waals surface area contributed by atoms with Crippen LogP contribution in [0.4, 0.5) is 18.9 Å². The molecule has 2 heterocycles. The Morgan fingerprint density at radius 2 is 1.82 bits per heavy atom. The molecule has 7 N–H and O–H groups in total. The summed E-state index contributed by atoms with van der Waals surface area (Å²) < 4.78 is 38.7. The summed E-state index contributed by atoms with van der Waals surface area (Å²) in [5.41, 5.74) is 13.0. The number of amides is 1. The monoisotopic (exact) mass is 477 g/mol. The molecule has 0 spiro atoms. The van der Waals surface area contributed by atoms with Crippen molar-refractivity contribution in [2.75, 3.05) is 11.9 Å². The summed E-state index contributed by atoms with van der Waals surface area (Å²) in [6, 6.07) is 2.13. The lowest BCUT2D eigenvalue weighted by Crippen LogP contribution is -2.49. The van der Waals surface area contributed by atoms with Gasteiger partial charge in [0.05, 0.1) is 24.1 Å². The summed E-state index contributed by atoms with van der Waals surface area (Å²) in [5.74, 6) is -0.00811. The predicted molar refractivity (Wildman–Crippen MR) is 123 cm³/mol. The second-order valence-electron chi connectivity index (χ2n) is 9.19. The van der Waals surface area contributed by atoms with Crippen LogP contribution in [0, 0.1) is 0 Å². The molecule has 3 aliphatic rings. The number of rotatable bonds is 5. The number of hydrogen-bond acceptors (Lipinski definition) is 5. The number of hydrogen-bond donors (Lipinski definition) is 5. The number of nitrogens with zero attached hydrogens (tertiary/aromatic N) is 2. The van der Waals surface area contributed by atoms with Crippen LogP contribution in [0.5, 0.6) is 0 Å². The highest BCUT2D eigenvalue weighted by atomic mass is 19.4. The summed E-state index contributed by atoms with van der Waals surface area (Å²) in [5, 5.41) is 9.26. The molecule has 34 heavy (non-hydrogen) atoms. The fourth-order valence-corrected chi connectivity index (χ4v) is 4.68. The minimum atomic E-state index is -4.54. The third kappa shape index (κ3) is 5.52. The van der Waals surface area contributed by atoms with Gasteiger partial charge in [-0.3, -0.25) is 9.79 Å². The van der Waals surface area contributed by atoms with Crippen molar-refractivity contribution >= 4 is 17.6 Å². The molecule has 1 aromatic rings. The van der Waals surface area contributed by atoms with Crippen molar-refractivity contribution in [3.8, 4) is 0 Å². The average Bonchev–Trinajstić information content (AvgIpc) is 3.32. The van der Waals surface area contributed by atoms with Gasteiger partial charge >= 0.3 is 6.18 Å². The number of aliphatic imine (C=N–C) groups is 1. The van der Waals surface area contributed by atoms with Crippen LogP contribution in [0.25, 0.3) is 0 Å². The molecular weight excluding hydrogens is 447 g/mol. The van der Waals surface area contributed by atoms with Gasteiger partial charge < -0.3 is 27.4 Å². The maximum absolute atomic E-state index is 12.9. The second-order valence-corrected chi connectivity index (χ2v) is 9.19. The van der Waals surface area contributed by atoms with Crippen molar-refractivity contribution < 1.29 is 18.0 Å². The van der Waals surface area contributed by atoms with E-state index >= 15 is 0 Å². The van der Waals surface area contributed by atoms with Gasteiger partial charge in [0.15, 0.2) is 0 Å². The van der Waals surface area contributed by atoms with Crippen LogP contribution in [0.2, 0.25) is 0 Å². The summed E-state index contributed by atoms with van der Waals surface area (Å²) in [7, 11) is 0. The predicted octanol–water partition coefficient (Wildman–Crippen LogP) is 3.25. The molecule has 1 amide bonds. The number of anilines is 1. The Labute approximate surface area is 196 Å². The Bertz CT molecular complexity index is 1010. The van der Waals surface area contributed by atoms with Crippen LogP contribution in [-0.4, -0.2) is 28.9 Å². The highest BCUT2D eigenvalue weighted by Gasteiger charge is 2.33. The van der Waals surface area contributed by atoms with Gasteiger partial charge in [-0.05, 0) is 56.2 Å². The first-order valence-corrected chi connectivity index (χ1v) is 11.6. The number of halogens is 3. The lowest BCUT2D eigenvalue weighted by atomic mass is 9.83. The molecule has 4 rings (SSSR count). The van der Waals surface area contributed by atoms with Crippen molar-refractivity contribution in [1.82, 2.24) is 15.6 Å². The zero-order valence-electron chi connectivity index (χ0n) is 18.9. The molecule has 0 unspecified atom stereocenters. The van der Waals surface area contributed by atoms with Gasteiger partial charge in [-0.25, -0.2) is 4.98 Å². The number of nitrogens with two attached hydrogens (primary N) is 2. The number of carbonyl (C=O) groups excluding carboxylic acids is 1. The molecule has 0 radical (unpaired) electrons. The average molecular weight is 478 g/mol. The lowest BCUT2D eigenvalue weighted by molar-refractivity contribution is -0.141. The molecule has 2 fully saturated rings. The minimum absolute atomic E-state index is 0.205. The number of alkyl halides is 3. The smallest absolute Gasteiger partial charge is 0.365 e. The van der Waals surface area contributed by atoms with E-state index in [9.17, 15) is 18.0 Å². The van der Waals surface area contributed by atoms with Crippen LogP contribution in [0.3, 0.4) is 0 Å². The molecule has 2 aliphatic carbocycles. The Morgan fingerprint density at radius 1 is 1.12 bits per heavy atom. The number of pyridine rings is 1. The van der Waals surface area contributed by atoms with Gasteiger partial charge in [0.1, 0.15) is 17.1 Å². The van der Waals surface area contributed by atoms with E-state index in [4.69, 9.17) is 11.5 Å². The maximum Gasteiger partial charge on any atom is 0.433 e. The number of primary amides is 1. The summed E-state index contributed by atoms with van der Waals surface area (Å²) >= 11 is 0. The van der Waals surface area contributed by atoms with Gasteiger partial charge in [0.25, 0.3) is 5.91 Å². The lowest BCUT2D eigenvalue weighted by Gasteiger charge is -2.33. The van der Waals surface area contributed by atoms with Crippen molar-refractivity contribution in [3.63, 3.8) is 0 Å². The molecule has 0 atom stereocenters. The Balaban J connectivity index is 1.66. The van der Waals surface area contributed by atoms with Crippen LogP contribution in [-0.2, 0) is 11.0 Å². The van der Waals surface area contributed by atoms with E-state index in [-0.39, 0.29) is 22.6 Å². The highest BCUT2D eigenvalue weighted by molar-refractivity contribution is 6.02. The largest absolute Gasteiger partial charge is 0.433 e. The summed E-state index contributed by atoms with van der Waals surface area (Å²) in [6.45, 7) is 0.409. The van der Waals surface area contributed by atoms with E-state index in [1.165, 1.54) is 12.5 Å². The molecule has 11 heteroatoms. The van der Waals surface area contributed by atoms with Crippen LogP contribution in [0.1, 0.15) is 63.5 Å². The van der Waals surface area contributed by atoms with Crippen molar-refractivity contribution in [2.45, 2.75) is 69.5 Å². The third-order valence-electron chi connectivity index (χ3n) is 6.52. The maximum atomic E-state index is 12.9. The molecule has 2 saturated carbocycles. The zero-order valence-corrected chi connectivity index (χ0v) is 18.9. The second kappa shape index (κ2) is 9.65. The van der Waals surface area contributed by atoms with Crippen molar-refractivity contribution in [3.05, 3.63) is 46.7 Å². The molecular formula is C23H30F3N7O. The van der Waals surface area contributed by atoms with Gasteiger partial charge in [0.2, 0.25) is 5.96 Å². The molecule has 0 bridgehead atoms. The fourth-order valence-electron chi connectivity index (χ4n) is 4.68. The molecule has 1 aromatic heterocycles. The minimum Gasteiger partial charge on any atom is -0.365 e. The molecule has 184 valence electrons. The fraction of sp³-hybridized carbons (Fsp3) is 0.522. The van der Waals surface area contributed by atoms with Crippen molar-refractivity contribution in [1.29, 1.82) is 0 Å². The number of nitrogens with one attached hydrogen (secondary N) is 3. The molecule has 1 aliphatic heterocycles. The topological polar surface area (TPSA) is 130 Å². The van der Waals surface area contributed by atoms with Crippen LogP contribution >= 0.6 is 0 Å². The van der Waals surface area contributed by atoms with E-state index in [0.29, 0.717) is 18.2 Å².